The molecule has 1 atom stereocenters. The fourth-order valence-corrected chi connectivity index (χ4v) is 1.67. The summed E-state index contributed by atoms with van der Waals surface area (Å²) in [6.07, 6.45) is 0. The number of ketones is 1. The fraction of sp³-hybridized carbons (Fsp3) is 0.462. The van der Waals surface area contributed by atoms with Gasteiger partial charge in [0.15, 0.2) is 5.78 Å². The Morgan fingerprint density at radius 1 is 1.13 bits per heavy atom. The molecule has 0 aliphatic carbocycles. The standard InChI is InChI=1S/C13H19NO/c1-10(2)13(15)12(14(3)4)11-8-6-5-7-9-11/h5-10,12H,1-4H3/t12-/m0/s1. The third kappa shape index (κ3) is 2.90. The highest BCUT2D eigenvalue weighted by molar-refractivity contribution is 5.86. The Labute approximate surface area is 91.9 Å². The molecule has 0 amide bonds. The Bertz CT molecular complexity index is 317. The first-order chi connectivity index (χ1) is 7.04. The van der Waals surface area contributed by atoms with Crippen LogP contribution in [0.1, 0.15) is 25.5 Å². The lowest BCUT2D eigenvalue weighted by Crippen LogP contribution is -2.30. The molecule has 0 aliphatic heterocycles. The molecule has 1 aromatic rings. The first-order valence-corrected chi connectivity index (χ1v) is 5.29. The number of nitrogens with zero attached hydrogens (tertiary/aromatic N) is 1. The molecule has 0 radical (unpaired) electrons. The van der Waals surface area contributed by atoms with Gasteiger partial charge in [-0.25, -0.2) is 0 Å². The van der Waals surface area contributed by atoms with Crippen LogP contribution in [-0.4, -0.2) is 24.8 Å². The Morgan fingerprint density at radius 3 is 2.07 bits per heavy atom. The number of carbonyl (C=O) groups is 1. The summed E-state index contributed by atoms with van der Waals surface area (Å²) in [7, 11) is 3.88. The number of Topliss-reactive ketones (excluding diaryl/α,β-unsaturated/α-hetero) is 1. The van der Waals surface area contributed by atoms with E-state index in [-0.39, 0.29) is 17.7 Å². The van der Waals surface area contributed by atoms with Gasteiger partial charge in [0.1, 0.15) is 0 Å². The van der Waals surface area contributed by atoms with Crippen LogP contribution in [0.5, 0.6) is 0 Å². The lowest BCUT2D eigenvalue weighted by atomic mass is 9.95. The zero-order chi connectivity index (χ0) is 11.4. The number of hydrogen-bond donors (Lipinski definition) is 0. The molecule has 0 N–H and O–H groups in total. The van der Waals surface area contributed by atoms with Crippen molar-refractivity contribution in [3.8, 4) is 0 Å². The lowest BCUT2D eigenvalue weighted by Gasteiger charge is -2.25. The van der Waals surface area contributed by atoms with Crippen molar-refractivity contribution in [3.63, 3.8) is 0 Å². The maximum absolute atomic E-state index is 12.0. The zero-order valence-electron chi connectivity index (χ0n) is 9.90. The summed E-state index contributed by atoms with van der Waals surface area (Å²) in [6, 6.07) is 9.80. The average molecular weight is 205 g/mol. The molecule has 0 fully saturated rings. The summed E-state index contributed by atoms with van der Waals surface area (Å²) < 4.78 is 0. The summed E-state index contributed by atoms with van der Waals surface area (Å²) >= 11 is 0. The molecule has 2 heteroatoms. The largest absolute Gasteiger partial charge is 0.297 e. The van der Waals surface area contributed by atoms with Crippen LogP contribution in [0.25, 0.3) is 0 Å². The van der Waals surface area contributed by atoms with Crippen molar-refractivity contribution < 1.29 is 4.79 Å². The lowest BCUT2D eigenvalue weighted by molar-refractivity contribution is -0.126. The van der Waals surface area contributed by atoms with Crippen molar-refractivity contribution in [1.29, 1.82) is 0 Å². The number of hydrogen-bond acceptors (Lipinski definition) is 2. The number of carbonyl (C=O) groups excluding carboxylic acids is 1. The van der Waals surface area contributed by atoms with Gasteiger partial charge >= 0.3 is 0 Å². The molecule has 0 spiro atoms. The first-order valence-electron chi connectivity index (χ1n) is 5.29. The van der Waals surface area contributed by atoms with Crippen LogP contribution < -0.4 is 0 Å². The van der Waals surface area contributed by atoms with Crippen molar-refractivity contribution in [1.82, 2.24) is 4.90 Å². The van der Waals surface area contributed by atoms with Crippen LogP contribution in [0.15, 0.2) is 30.3 Å². The van der Waals surface area contributed by atoms with E-state index in [9.17, 15) is 4.79 Å². The SMILES string of the molecule is CC(C)C(=O)[C@H](c1ccccc1)N(C)C. The van der Waals surface area contributed by atoms with Crippen LogP contribution in [-0.2, 0) is 4.79 Å². The van der Waals surface area contributed by atoms with Crippen molar-refractivity contribution in [2.75, 3.05) is 14.1 Å². The minimum Gasteiger partial charge on any atom is -0.297 e. The van der Waals surface area contributed by atoms with Gasteiger partial charge in [-0.05, 0) is 19.7 Å². The Kier molecular flexibility index (Phi) is 4.04. The Morgan fingerprint density at radius 2 is 1.67 bits per heavy atom. The first kappa shape index (κ1) is 11.9. The molecule has 0 unspecified atom stereocenters. The second kappa shape index (κ2) is 5.08. The van der Waals surface area contributed by atoms with E-state index in [1.165, 1.54) is 0 Å². The quantitative estimate of drug-likeness (QED) is 0.752. The molecule has 2 nitrogen and oxygen atoms in total. The summed E-state index contributed by atoms with van der Waals surface area (Å²) in [4.78, 5) is 14.0. The minimum atomic E-state index is -0.119. The summed E-state index contributed by atoms with van der Waals surface area (Å²) in [6.45, 7) is 3.89. The van der Waals surface area contributed by atoms with Crippen LogP contribution in [0.4, 0.5) is 0 Å². The number of benzene rings is 1. The molecular weight excluding hydrogens is 186 g/mol. The smallest absolute Gasteiger partial charge is 0.156 e. The zero-order valence-corrected chi connectivity index (χ0v) is 9.90. The molecule has 1 rings (SSSR count). The van der Waals surface area contributed by atoms with Crippen molar-refractivity contribution in [2.45, 2.75) is 19.9 Å². The van der Waals surface area contributed by atoms with E-state index in [4.69, 9.17) is 0 Å². The topological polar surface area (TPSA) is 20.3 Å². The third-order valence-corrected chi connectivity index (χ3v) is 2.47. The molecule has 0 heterocycles. The highest BCUT2D eigenvalue weighted by Crippen LogP contribution is 2.22. The van der Waals surface area contributed by atoms with E-state index in [1.54, 1.807) is 0 Å². The molecule has 0 saturated carbocycles. The Balaban J connectivity index is 2.99. The van der Waals surface area contributed by atoms with Gasteiger partial charge in [-0.15, -0.1) is 0 Å². The van der Waals surface area contributed by atoms with Crippen LogP contribution in [0.2, 0.25) is 0 Å². The predicted octanol–water partition coefficient (Wildman–Crippen LogP) is 2.51. The number of rotatable bonds is 4. The highest BCUT2D eigenvalue weighted by Gasteiger charge is 2.24. The Hall–Kier alpha value is -1.15. The van der Waals surface area contributed by atoms with Crippen LogP contribution in [0.3, 0.4) is 0 Å². The summed E-state index contributed by atoms with van der Waals surface area (Å²) in [5.41, 5.74) is 1.07. The van der Waals surface area contributed by atoms with Gasteiger partial charge in [0, 0.05) is 5.92 Å². The summed E-state index contributed by atoms with van der Waals surface area (Å²) in [5.74, 6) is 0.337. The third-order valence-electron chi connectivity index (χ3n) is 2.47. The molecule has 1 aromatic carbocycles. The van der Waals surface area contributed by atoms with Gasteiger partial charge in [0.25, 0.3) is 0 Å². The average Bonchev–Trinajstić information content (AvgIpc) is 2.18. The summed E-state index contributed by atoms with van der Waals surface area (Å²) in [5, 5.41) is 0. The molecule has 0 saturated heterocycles. The van der Waals surface area contributed by atoms with Crippen LogP contribution in [0, 0.1) is 5.92 Å². The van der Waals surface area contributed by atoms with Gasteiger partial charge < -0.3 is 0 Å². The van der Waals surface area contributed by atoms with Gasteiger partial charge in [-0.3, -0.25) is 9.69 Å². The van der Waals surface area contributed by atoms with Gasteiger partial charge in [0.05, 0.1) is 6.04 Å². The van der Waals surface area contributed by atoms with Gasteiger partial charge in [-0.1, -0.05) is 44.2 Å². The van der Waals surface area contributed by atoms with E-state index in [2.05, 4.69) is 0 Å². The van der Waals surface area contributed by atoms with Crippen LogP contribution >= 0.6 is 0 Å². The van der Waals surface area contributed by atoms with Gasteiger partial charge in [0.2, 0.25) is 0 Å². The monoisotopic (exact) mass is 205 g/mol. The second-order valence-corrected chi connectivity index (χ2v) is 4.33. The van der Waals surface area contributed by atoms with E-state index < -0.39 is 0 Å². The molecule has 15 heavy (non-hydrogen) atoms. The van der Waals surface area contributed by atoms with Crippen molar-refractivity contribution in [3.05, 3.63) is 35.9 Å². The molecule has 0 aromatic heterocycles. The van der Waals surface area contributed by atoms with E-state index >= 15 is 0 Å². The molecule has 0 aliphatic rings. The van der Waals surface area contributed by atoms with Crippen molar-refractivity contribution >= 4 is 5.78 Å². The predicted molar refractivity (Wildman–Crippen MR) is 62.7 cm³/mol. The van der Waals surface area contributed by atoms with E-state index in [1.807, 2.05) is 63.2 Å². The highest BCUT2D eigenvalue weighted by atomic mass is 16.1. The second-order valence-electron chi connectivity index (χ2n) is 4.33. The fourth-order valence-electron chi connectivity index (χ4n) is 1.67. The molecule has 82 valence electrons. The normalized spacial score (nSPS) is 13.2. The van der Waals surface area contributed by atoms with E-state index in [0.717, 1.165) is 5.56 Å². The maximum Gasteiger partial charge on any atom is 0.156 e. The maximum atomic E-state index is 12.0. The van der Waals surface area contributed by atoms with Crippen molar-refractivity contribution in [2.24, 2.45) is 5.92 Å². The molecule has 0 bridgehead atoms. The van der Waals surface area contributed by atoms with E-state index in [0.29, 0.717) is 0 Å². The molecular formula is C13H19NO. The number of likely N-dealkylation sites (N-methyl/N-ethyl adjacent to an activating group) is 1. The minimum absolute atomic E-state index is 0.0672. The van der Waals surface area contributed by atoms with Gasteiger partial charge in [-0.2, -0.15) is 0 Å².